The molecule has 0 radical (unpaired) electrons. The van der Waals surface area contributed by atoms with Gasteiger partial charge < -0.3 is 20.4 Å². The number of carbonyl (C=O) groups is 3. The molecule has 0 aromatic carbocycles. The minimum atomic E-state index is -3.22. The fourth-order valence-electron chi connectivity index (χ4n) is 1.90. The summed E-state index contributed by atoms with van der Waals surface area (Å²) < 4.78 is 22.8. The molecule has 1 saturated heterocycles. The molecule has 0 aromatic heterocycles. The van der Waals surface area contributed by atoms with E-state index in [9.17, 15) is 22.8 Å². The van der Waals surface area contributed by atoms with Crippen LogP contribution < -0.4 is 5.32 Å². The first-order valence-electron chi connectivity index (χ1n) is 5.85. The summed E-state index contributed by atoms with van der Waals surface area (Å²) in [4.78, 5) is 33.7. The van der Waals surface area contributed by atoms with E-state index in [0.717, 1.165) is 0 Å². The number of nitrogens with one attached hydrogen (secondary N) is 1. The fraction of sp³-hybridized carbons (Fsp3) is 0.700. The van der Waals surface area contributed by atoms with Crippen LogP contribution in [0.1, 0.15) is 6.42 Å². The van der Waals surface area contributed by atoms with Crippen LogP contribution in [0.3, 0.4) is 0 Å². The largest absolute Gasteiger partial charge is 0.480 e. The first kappa shape index (κ1) is 16.4. The van der Waals surface area contributed by atoms with Gasteiger partial charge in [0.25, 0.3) is 0 Å². The number of rotatable bonds is 6. The topological polar surface area (TPSA) is 141 Å². The van der Waals surface area contributed by atoms with Crippen molar-refractivity contribution in [1.82, 2.24) is 10.2 Å². The van der Waals surface area contributed by atoms with Gasteiger partial charge >= 0.3 is 11.9 Å². The third-order valence-corrected chi connectivity index (χ3v) is 4.46. The first-order chi connectivity index (χ1) is 9.19. The summed E-state index contributed by atoms with van der Waals surface area (Å²) in [6, 6.07) is -0.619. The third kappa shape index (κ3) is 5.53. The fourth-order valence-corrected chi connectivity index (χ4v) is 3.34. The Labute approximate surface area is 115 Å². The molecule has 0 spiro atoms. The molecule has 1 aliphatic heterocycles. The van der Waals surface area contributed by atoms with E-state index in [1.807, 2.05) is 0 Å². The zero-order valence-corrected chi connectivity index (χ0v) is 11.4. The quantitative estimate of drug-likeness (QED) is 0.500. The Kier molecular flexibility index (Phi) is 5.45. The summed E-state index contributed by atoms with van der Waals surface area (Å²) in [6.45, 7) is -1.24. The van der Waals surface area contributed by atoms with E-state index >= 15 is 0 Å². The second-order valence-electron chi connectivity index (χ2n) is 4.51. The van der Waals surface area contributed by atoms with Crippen molar-refractivity contribution in [1.29, 1.82) is 0 Å². The van der Waals surface area contributed by atoms with Crippen LogP contribution in [0.5, 0.6) is 0 Å². The zero-order valence-electron chi connectivity index (χ0n) is 10.6. The predicted molar refractivity (Wildman–Crippen MR) is 66.9 cm³/mol. The van der Waals surface area contributed by atoms with Crippen LogP contribution in [-0.2, 0) is 24.2 Å². The van der Waals surface area contributed by atoms with Gasteiger partial charge in [0.15, 0.2) is 9.84 Å². The maximum absolute atomic E-state index is 11.9. The van der Waals surface area contributed by atoms with E-state index in [-0.39, 0.29) is 24.5 Å². The highest BCUT2D eigenvalue weighted by atomic mass is 32.2. The minimum Gasteiger partial charge on any atom is -0.480 e. The van der Waals surface area contributed by atoms with Crippen LogP contribution in [-0.4, -0.2) is 78.6 Å². The molecule has 20 heavy (non-hydrogen) atoms. The number of amides is 1. The van der Waals surface area contributed by atoms with Crippen LogP contribution in [0.4, 0.5) is 0 Å². The van der Waals surface area contributed by atoms with Crippen molar-refractivity contribution in [3.05, 3.63) is 0 Å². The van der Waals surface area contributed by atoms with Crippen molar-refractivity contribution < 1.29 is 33.0 Å². The average Bonchev–Trinajstić information content (AvgIpc) is 2.25. The Morgan fingerprint density at radius 3 is 2.15 bits per heavy atom. The van der Waals surface area contributed by atoms with Crippen molar-refractivity contribution in [3.8, 4) is 0 Å². The molecule has 1 unspecified atom stereocenters. The average molecular weight is 308 g/mol. The van der Waals surface area contributed by atoms with Gasteiger partial charge in [-0.15, -0.1) is 0 Å². The lowest BCUT2D eigenvalue weighted by Crippen LogP contribution is -2.49. The molecule has 1 heterocycles. The smallest absolute Gasteiger partial charge is 0.323 e. The Hall–Kier alpha value is -1.68. The van der Waals surface area contributed by atoms with Gasteiger partial charge in [-0.3, -0.25) is 14.4 Å². The number of aliphatic carboxylic acids is 2. The number of sulfone groups is 1. The van der Waals surface area contributed by atoms with Gasteiger partial charge in [0.2, 0.25) is 5.91 Å². The van der Waals surface area contributed by atoms with Crippen LogP contribution >= 0.6 is 0 Å². The molecular formula is C10H16N2O7S. The summed E-state index contributed by atoms with van der Waals surface area (Å²) in [6.07, 6.45) is -0.250. The number of carboxylic acid groups (broad SMARTS) is 2. The van der Waals surface area contributed by atoms with Crippen molar-refractivity contribution >= 4 is 27.7 Å². The molecule has 0 aromatic rings. The highest BCUT2D eigenvalue weighted by Crippen LogP contribution is 2.07. The SMILES string of the molecule is O=C(O)CN(CC(=O)O)C(=O)CC1CS(=O)(=O)CCN1. The van der Waals surface area contributed by atoms with Crippen LogP contribution in [0.25, 0.3) is 0 Å². The number of hydrogen-bond acceptors (Lipinski definition) is 6. The molecule has 0 saturated carbocycles. The lowest BCUT2D eigenvalue weighted by molar-refractivity contribution is -0.149. The predicted octanol–water partition coefficient (Wildman–Crippen LogP) is -2.24. The minimum absolute atomic E-state index is 0.00828. The molecule has 1 amide bonds. The standard InChI is InChI=1S/C10H16N2O7S/c13-8(12(4-9(14)15)5-10(16)17)3-7-6-20(18,19)2-1-11-7/h7,11H,1-6H2,(H,14,15)(H,16,17). The number of carbonyl (C=O) groups excluding carboxylic acids is 1. The van der Waals surface area contributed by atoms with Crippen molar-refractivity contribution in [3.63, 3.8) is 0 Å². The van der Waals surface area contributed by atoms with Gasteiger partial charge in [-0.1, -0.05) is 0 Å². The molecule has 0 bridgehead atoms. The van der Waals surface area contributed by atoms with E-state index in [2.05, 4.69) is 5.32 Å². The molecule has 1 rings (SSSR count). The van der Waals surface area contributed by atoms with E-state index < -0.39 is 46.8 Å². The maximum atomic E-state index is 11.9. The van der Waals surface area contributed by atoms with Gasteiger partial charge in [-0.05, 0) is 0 Å². The summed E-state index contributed by atoms with van der Waals surface area (Å²) in [5.74, 6) is -3.59. The Morgan fingerprint density at radius 1 is 1.15 bits per heavy atom. The molecule has 0 aliphatic carbocycles. The second kappa shape index (κ2) is 6.66. The highest BCUT2D eigenvalue weighted by Gasteiger charge is 2.28. The number of nitrogens with zero attached hydrogens (tertiary/aromatic N) is 1. The van der Waals surface area contributed by atoms with Crippen molar-refractivity contribution in [2.75, 3.05) is 31.1 Å². The molecule has 10 heteroatoms. The summed E-state index contributed by atoms with van der Waals surface area (Å²) in [7, 11) is -3.22. The molecule has 114 valence electrons. The number of hydrogen-bond donors (Lipinski definition) is 3. The lowest BCUT2D eigenvalue weighted by atomic mass is 10.2. The van der Waals surface area contributed by atoms with Gasteiger partial charge in [-0.25, -0.2) is 8.42 Å². The van der Waals surface area contributed by atoms with E-state index in [4.69, 9.17) is 10.2 Å². The van der Waals surface area contributed by atoms with Crippen molar-refractivity contribution in [2.24, 2.45) is 0 Å². The summed E-state index contributed by atoms with van der Waals surface area (Å²) in [5, 5.41) is 20.1. The molecule has 1 aliphatic rings. The van der Waals surface area contributed by atoms with Gasteiger partial charge in [0.1, 0.15) is 13.1 Å². The lowest BCUT2D eigenvalue weighted by Gasteiger charge is -2.26. The van der Waals surface area contributed by atoms with Gasteiger partial charge in [0, 0.05) is 19.0 Å². The summed E-state index contributed by atoms with van der Waals surface area (Å²) in [5.41, 5.74) is 0. The Balaban J connectivity index is 2.65. The molecule has 1 fully saturated rings. The maximum Gasteiger partial charge on any atom is 0.323 e. The van der Waals surface area contributed by atoms with E-state index in [0.29, 0.717) is 4.90 Å². The molecule has 9 nitrogen and oxygen atoms in total. The molecule has 3 N–H and O–H groups in total. The van der Waals surface area contributed by atoms with Crippen LogP contribution in [0.2, 0.25) is 0 Å². The molecule has 1 atom stereocenters. The highest BCUT2D eigenvalue weighted by molar-refractivity contribution is 7.91. The van der Waals surface area contributed by atoms with Crippen LogP contribution in [0.15, 0.2) is 0 Å². The third-order valence-electron chi connectivity index (χ3n) is 2.73. The van der Waals surface area contributed by atoms with Gasteiger partial charge in [0.05, 0.1) is 11.5 Å². The van der Waals surface area contributed by atoms with E-state index in [1.54, 1.807) is 0 Å². The van der Waals surface area contributed by atoms with Crippen LogP contribution in [0, 0.1) is 0 Å². The Morgan fingerprint density at radius 2 is 1.70 bits per heavy atom. The second-order valence-corrected chi connectivity index (χ2v) is 6.74. The van der Waals surface area contributed by atoms with Gasteiger partial charge in [-0.2, -0.15) is 0 Å². The summed E-state index contributed by atoms with van der Waals surface area (Å²) >= 11 is 0. The Bertz CT molecular complexity index is 486. The first-order valence-corrected chi connectivity index (χ1v) is 7.67. The van der Waals surface area contributed by atoms with Crippen molar-refractivity contribution in [2.45, 2.75) is 12.5 Å². The number of carboxylic acids is 2. The normalized spacial score (nSPS) is 21.1. The monoisotopic (exact) mass is 308 g/mol. The zero-order chi connectivity index (χ0) is 15.3. The molecular weight excluding hydrogens is 292 g/mol. The van der Waals surface area contributed by atoms with E-state index in [1.165, 1.54) is 0 Å².